The SMILES string of the molecule is Cc1cn[nH]c1[C@@H]1CCN(C(=O)C(C)(C)n2cncn2)C1. The molecular weight excluding hydrogens is 268 g/mol. The first kappa shape index (κ1) is 13.8. The molecule has 1 saturated heterocycles. The third-order valence-corrected chi connectivity index (χ3v) is 4.27. The third-order valence-electron chi connectivity index (χ3n) is 4.27. The number of carbonyl (C=O) groups excluding carboxylic acids is 1. The first-order chi connectivity index (χ1) is 10.00. The van der Waals surface area contributed by atoms with Gasteiger partial charge in [-0.25, -0.2) is 9.67 Å². The van der Waals surface area contributed by atoms with Crippen molar-refractivity contribution in [1.29, 1.82) is 0 Å². The number of aryl methyl sites for hydroxylation is 1. The summed E-state index contributed by atoms with van der Waals surface area (Å²) in [6, 6.07) is 0. The van der Waals surface area contributed by atoms with Crippen LogP contribution in [0.1, 0.15) is 37.4 Å². The van der Waals surface area contributed by atoms with E-state index in [0.717, 1.165) is 30.8 Å². The second kappa shape index (κ2) is 4.98. The van der Waals surface area contributed by atoms with Crippen LogP contribution in [0.2, 0.25) is 0 Å². The Morgan fingerprint density at radius 3 is 2.90 bits per heavy atom. The Labute approximate surface area is 123 Å². The van der Waals surface area contributed by atoms with E-state index in [0.29, 0.717) is 5.92 Å². The van der Waals surface area contributed by atoms with Crippen LogP contribution in [0.5, 0.6) is 0 Å². The fourth-order valence-corrected chi connectivity index (χ4v) is 2.93. The van der Waals surface area contributed by atoms with Gasteiger partial charge < -0.3 is 4.90 Å². The van der Waals surface area contributed by atoms with Crippen LogP contribution in [-0.2, 0) is 10.3 Å². The van der Waals surface area contributed by atoms with Gasteiger partial charge in [0.05, 0.1) is 6.20 Å². The number of aromatic nitrogens is 5. The summed E-state index contributed by atoms with van der Waals surface area (Å²) in [5, 5.41) is 11.2. The van der Waals surface area contributed by atoms with Crippen molar-refractivity contribution in [3.05, 3.63) is 30.1 Å². The van der Waals surface area contributed by atoms with Crippen LogP contribution >= 0.6 is 0 Å². The minimum atomic E-state index is -0.714. The topological polar surface area (TPSA) is 79.7 Å². The average Bonchev–Trinajstić information content (AvgIpc) is 3.18. The number of nitrogens with one attached hydrogen (secondary N) is 1. The molecular formula is C14H20N6O. The zero-order chi connectivity index (χ0) is 15.0. The molecule has 3 heterocycles. The molecule has 0 unspecified atom stereocenters. The highest BCUT2D eigenvalue weighted by atomic mass is 16.2. The van der Waals surface area contributed by atoms with Crippen LogP contribution in [-0.4, -0.2) is 48.9 Å². The van der Waals surface area contributed by atoms with Crippen molar-refractivity contribution in [2.24, 2.45) is 0 Å². The highest BCUT2D eigenvalue weighted by molar-refractivity contribution is 5.84. The fraction of sp³-hybridized carbons (Fsp3) is 0.571. The van der Waals surface area contributed by atoms with E-state index < -0.39 is 5.54 Å². The lowest BCUT2D eigenvalue weighted by atomic mass is 10.0. The number of H-pyrrole nitrogens is 1. The first-order valence-electron chi connectivity index (χ1n) is 7.14. The number of carbonyl (C=O) groups is 1. The largest absolute Gasteiger partial charge is 0.340 e. The van der Waals surface area contributed by atoms with E-state index in [1.807, 2.05) is 31.9 Å². The second-order valence-electron chi connectivity index (χ2n) is 6.10. The molecule has 2 aromatic heterocycles. The van der Waals surface area contributed by atoms with Crippen LogP contribution in [0, 0.1) is 6.92 Å². The summed E-state index contributed by atoms with van der Waals surface area (Å²) in [4.78, 5) is 18.6. The van der Waals surface area contributed by atoms with E-state index in [1.165, 1.54) is 6.33 Å². The molecule has 1 aliphatic heterocycles. The first-order valence-corrected chi connectivity index (χ1v) is 7.14. The van der Waals surface area contributed by atoms with Gasteiger partial charge in [0.1, 0.15) is 18.2 Å². The lowest BCUT2D eigenvalue weighted by Crippen LogP contribution is -2.46. The standard InChI is InChI=1S/C14H20N6O/c1-10-6-16-18-12(10)11-4-5-19(7-11)13(21)14(2,3)20-9-15-8-17-20/h6,8-9,11H,4-5,7H2,1-3H3,(H,16,18)/t11-/m1/s1. The zero-order valence-corrected chi connectivity index (χ0v) is 12.6. The molecule has 0 aromatic carbocycles. The van der Waals surface area contributed by atoms with Crippen LogP contribution in [0.3, 0.4) is 0 Å². The van der Waals surface area contributed by atoms with Crippen LogP contribution in [0.4, 0.5) is 0 Å². The Balaban J connectivity index is 1.74. The van der Waals surface area contributed by atoms with Gasteiger partial charge in [0, 0.05) is 24.7 Å². The van der Waals surface area contributed by atoms with Crippen LogP contribution < -0.4 is 0 Å². The molecule has 1 fully saturated rings. The number of hydrogen-bond donors (Lipinski definition) is 1. The van der Waals surface area contributed by atoms with E-state index in [-0.39, 0.29) is 5.91 Å². The number of likely N-dealkylation sites (tertiary alicyclic amines) is 1. The maximum atomic E-state index is 12.8. The Morgan fingerprint density at radius 1 is 1.48 bits per heavy atom. The highest BCUT2D eigenvalue weighted by Gasteiger charge is 2.38. The average molecular weight is 288 g/mol. The molecule has 0 aliphatic carbocycles. The van der Waals surface area contributed by atoms with Gasteiger partial charge in [-0.05, 0) is 32.8 Å². The Hall–Kier alpha value is -2.18. The minimum Gasteiger partial charge on any atom is -0.340 e. The van der Waals surface area contributed by atoms with Gasteiger partial charge in [0.2, 0.25) is 5.91 Å². The monoisotopic (exact) mass is 288 g/mol. The van der Waals surface area contributed by atoms with Gasteiger partial charge in [-0.1, -0.05) is 0 Å². The second-order valence-corrected chi connectivity index (χ2v) is 6.10. The minimum absolute atomic E-state index is 0.0765. The maximum Gasteiger partial charge on any atom is 0.250 e. The smallest absolute Gasteiger partial charge is 0.250 e. The molecule has 0 bridgehead atoms. The van der Waals surface area contributed by atoms with Gasteiger partial charge in [-0.3, -0.25) is 9.89 Å². The third kappa shape index (κ3) is 2.32. The quantitative estimate of drug-likeness (QED) is 0.916. The zero-order valence-electron chi connectivity index (χ0n) is 12.6. The van der Waals surface area contributed by atoms with Crippen molar-refractivity contribution in [1.82, 2.24) is 29.9 Å². The summed E-state index contributed by atoms with van der Waals surface area (Å²) in [7, 11) is 0. The molecule has 1 N–H and O–H groups in total. The molecule has 1 atom stereocenters. The number of amides is 1. The Bertz CT molecular complexity index is 630. The summed E-state index contributed by atoms with van der Waals surface area (Å²) in [6.45, 7) is 7.28. The summed E-state index contributed by atoms with van der Waals surface area (Å²) in [6.07, 6.45) is 5.83. The molecule has 3 rings (SSSR count). The lowest BCUT2D eigenvalue weighted by Gasteiger charge is -2.29. The van der Waals surface area contributed by atoms with E-state index in [4.69, 9.17) is 0 Å². The summed E-state index contributed by atoms with van der Waals surface area (Å²) < 4.78 is 1.62. The molecule has 7 heteroatoms. The van der Waals surface area contributed by atoms with Crippen LogP contribution in [0.15, 0.2) is 18.9 Å². The molecule has 0 saturated carbocycles. The number of aromatic amines is 1. The molecule has 0 radical (unpaired) electrons. The summed E-state index contributed by atoms with van der Waals surface area (Å²) in [5.41, 5.74) is 1.59. The summed E-state index contributed by atoms with van der Waals surface area (Å²) >= 11 is 0. The highest BCUT2D eigenvalue weighted by Crippen LogP contribution is 2.30. The maximum absolute atomic E-state index is 12.8. The molecule has 21 heavy (non-hydrogen) atoms. The Morgan fingerprint density at radius 2 is 2.29 bits per heavy atom. The molecule has 1 amide bonds. The molecule has 0 spiro atoms. The van der Waals surface area contributed by atoms with Crippen molar-refractivity contribution in [2.75, 3.05) is 13.1 Å². The van der Waals surface area contributed by atoms with Crippen molar-refractivity contribution >= 4 is 5.91 Å². The van der Waals surface area contributed by atoms with Crippen LogP contribution in [0.25, 0.3) is 0 Å². The van der Waals surface area contributed by atoms with E-state index >= 15 is 0 Å². The van der Waals surface area contributed by atoms with Crippen molar-refractivity contribution in [2.45, 2.75) is 38.6 Å². The normalized spacial score (nSPS) is 19.2. The Kier molecular flexibility index (Phi) is 3.27. The van der Waals surface area contributed by atoms with Gasteiger partial charge in [-0.2, -0.15) is 10.2 Å². The van der Waals surface area contributed by atoms with Crippen molar-refractivity contribution in [3.63, 3.8) is 0 Å². The number of rotatable bonds is 3. The summed E-state index contributed by atoms with van der Waals surface area (Å²) in [5.74, 6) is 0.413. The molecule has 2 aromatic rings. The fourth-order valence-electron chi connectivity index (χ4n) is 2.93. The molecule has 7 nitrogen and oxygen atoms in total. The number of hydrogen-bond acceptors (Lipinski definition) is 4. The molecule has 112 valence electrons. The molecule has 1 aliphatic rings. The van der Waals surface area contributed by atoms with Crippen molar-refractivity contribution < 1.29 is 4.79 Å². The number of nitrogens with zero attached hydrogens (tertiary/aromatic N) is 5. The van der Waals surface area contributed by atoms with Gasteiger partial charge in [0.25, 0.3) is 0 Å². The van der Waals surface area contributed by atoms with Gasteiger partial charge in [-0.15, -0.1) is 0 Å². The predicted octanol–water partition coefficient (Wildman–Crippen LogP) is 1.06. The van der Waals surface area contributed by atoms with E-state index in [2.05, 4.69) is 20.3 Å². The lowest BCUT2D eigenvalue weighted by molar-refractivity contribution is -0.138. The van der Waals surface area contributed by atoms with Crippen molar-refractivity contribution in [3.8, 4) is 0 Å². The van der Waals surface area contributed by atoms with E-state index in [1.54, 1.807) is 11.0 Å². The predicted molar refractivity (Wildman–Crippen MR) is 76.6 cm³/mol. The van der Waals surface area contributed by atoms with E-state index in [9.17, 15) is 4.79 Å². The van der Waals surface area contributed by atoms with Gasteiger partial charge in [0.15, 0.2) is 0 Å². The van der Waals surface area contributed by atoms with Gasteiger partial charge >= 0.3 is 0 Å².